The zero-order chi connectivity index (χ0) is 12.4. The van der Waals surface area contributed by atoms with Gasteiger partial charge in [-0.15, -0.1) is 0 Å². The molecule has 1 aliphatic rings. The molecule has 1 aliphatic heterocycles. The van der Waals surface area contributed by atoms with Gasteiger partial charge < -0.3 is 14.6 Å². The van der Waals surface area contributed by atoms with Gasteiger partial charge in [0.25, 0.3) is 0 Å². The Bertz CT molecular complexity index is 427. The fourth-order valence-electron chi connectivity index (χ4n) is 2.02. The van der Waals surface area contributed by atoms with Gasteiger partial charge in [-0.2, -0.15) is 0 Å². The normalized spacial score (nSPS) is 20.1. The standard InChI is InChI=1S/C13H16O4/c1-8-6-7-9-4-3-5-10(12(9)17-8)11(14)13(15)16-2/h3-5,8,11,14H,6-7H2,1-2H3. The monoisotopic (exact) mass is 236 g/mol. The number of hydrogen-bond donors (Lipinski definition) is 1. The van der Waals surface area contributed by atoms with E-state index in [-0.39, 0.29) is 6.10 Å². The van der Waals surface area contributed by atoms with Crippen LogP contribution < -0.4 is 4.74 Å². The summed E-state index contributed by atoms with van der Waals surface area (Å²) in [6.45, 7) is 1.98. The van der Waals surface area contributed by atoms with Crippen molar-refractivity contribution in [1.82, 2.24) is 0 Å². The first-order chi connectivity index (χ1) is 8.13. The SMILES string of the molecule is COC(=O)C(O)c1cccc2c1OC(C)CC2. The molecule has 4 heteroatoms. The van der Waals surface area contributed by atoms with E-state index >= 15 is 0 Å². The van der Waals surface area contributed by atoms with Crippen molar-refractivity contribution in [2.24, 2.45) is 0 Å². The summed E-state index contributed by atoms with van der Waals surface area (Å²) < 4.78 is 10.3. The molecule has 0 radical (unpaired) electrons. The maximum absolute atomic E-state index is 11.4. The highest BCUT2D eigenvalue weighted by Gasteiger charge is 2.26. The lowest BCUT2D eigenvalue weighted by molar-refractivity contribution is -0.150. The van der Waals surface area contributed by atoms with Crippen LogP contribution in [-0.2, 0) is 16.0 Å². The Hall–Kier alpha value is -1.55. The van der Waals surface area contributed by atoms with Gasteiger partial charge in [0.2, 0.25) is 0 Å². The molecule has 17 heavy (non-hydrogen) atoms. The Balaban J connectivity index is 2.38. The molecule has 2 atom stereocenters. The van der Waals surface area contributed by atoms with E-state index in [1.165, 1.54) is 7.11 Å². The second-order valence-electron chi connectivity index (χ2n) is 4.23. The predicted molar refractivity (Wildman–Crippen MR) is 61.8 cm³/mol. The zero-order valence-corrected chi connectivity index (χ0v) is 9.97. The number of aryl methyl sites for hydroxylation is 1. The molecule has 0 amide bonds. The number of benzene rings is 1. The summed E-state index contributed by atoms with van der Waals surface area (Å²) in [5.74, 6) is -0.0376. The van der Waals surface area contributed by atoms with Crippen LogP contribution in [0.15, 0.2) is 18.2 Å². The highest BCUT2D eigenvalue weighted by molar-refractivity contribution is 5.77. The van der Waals surface area contributed by atoms with Crippen molar-refractivity contribution in [2.45, 2.75) is 32.0 Å². The molecule has 1 heterocycles. The third-order valence-corrected chi connectivity index (χ3v) is 2.99. The van der Waals surface area contributed by atoms with Crippen molar-refractivity contribution in [2.75, 3.05) is 7.11 Å². The van der Waals surface area contributed by atoms with E-state index in [2.05, 4.69) is 4.74 Å². The molecule has 0 spiro atoms. The van der Waals surface area contributed by atoms with Crippen LogP contribution in [0, 0.1) is 0 Å². The molecule has 92 valence electrons. The van der Waals surface area contributed by atoms with Crippen LogP contribution in [-0.4, -0.2) is 24.3 Å². The highest BCUT2D eigenvalue weighted by Crippen LogP contribution is 2.34. The predicted octanol–water partition coefficient (Wildman–Crippen LogP) is 1.61. The summed E-state index contributed by atoms with van der Waals surface area (Å²) in [4.78, 5) is 11.4. The number of carbonyl (C=O) groups excluding carboxylic acids is 1. The van der Waals surface area contributed by atoms with E-state index in [1.807, 2.05) is 19.1 Å². The van der Waals surface area contributed by atoms with E-state index in [0.717, 1.165) is 18.4 Å². The number of esters is 1. The van der Waals surface area contributed by atoms with Crippen molar-refractivity contribution >= 4 is 5.97 Å². The number of carbonyl (C=O) groups is 1. The van der Waals surface area contributed by atoms with E-state index < -0.39 is 12.1 Å². The summed E-state index contributed by atoms with van der Waals surface area (Å²) in [5.41, 5.74) is 1.52. The minimum Gasteiger partial charge on any atom is -0.490 e. The number of aliphatic hydroxyl groups is 1. The average Bonchev–Trinajstić information content (AvgIpc) is 2.36. The maximum Gasteiger partial charge on any atom is 0.339 e. The quantitative estimate of drug-likeness (QED) is 0.792. The number of para-hydroxylation sites is 1. The average molecular weight is 236 g/mol. The lowest BCUT2D eigenvalue weighted by Gasteiger charge is -2.26. The maximum atomic E-state index is 11.4. The summed E-state index contributed by atoms with van der Waals surface area (Å²) in [7, 11) is 1.25. The molecule has 0 bridgehead atoms. The largest absolute Gasteiger partial charge is 0.490 e. The molecule has 0 aromatic heterocycles. The molecule has 0 saturated heterocycles. The van der Waals surface area contributed by atoms with Crippen LogP contribution in [0.4, 0.5) is 0 Å². The number of rotatable bonds is 2. The minimum absolute atomic E-state index is 0.105. The van der Waals surface area contributed by atoms with E-state index in [4.69, 9.17) is 4.74 Å². The topological polar surface area (TPSA) is 55.8 Å². The molecule has 1 aromatic rings. The summed E-state index contributed by atoms with van der Waals surface area (Å²) in [5, 5.41) is 9.88. The van der Waals surface area contributed by atoms with Crippen LogP contribution in [0.2, 0.25) is 0 Å². The minimum atomic E-state index is -1.28. The first-order valence-corrected chi connectivity index (χ1v) is 5.68. The van der Waals surface area contributed by atoms with Crippen LogP contribution in [0.1, 0.15) is 30.6 Å². The highest BCUT2D eigenvalue weighted by atomic mass is 16.5. The van der Waals surface area contributed by atoms with Crippen molar-refractivity contribution in [3.63, 3.8) is 0 Å². The van der Waals surface area contributed by atoms with Gasteiger partial charge in [0.05, 0.1) is 13.2 Å². The molecule has 4 nitrogen and oxygen atoms in total. The Morgan fingerprint density at radius 1 is 1.59 bits per heavy atom. The molecule has 0 aliphatic carbocycles. The fraction of sp³-hybridized carbons (Fsp3) is 0.462. The van der Waals surface area contributed by atoms with E-state index in [1.54, 1.807) is 6.07 Å². The molecule has 2 unspecified atom stereocenters. The molecular formula is C13H16O4. The Labute approximate surface area is 100 Å². The van der Waals surface area contributed by atoms with Crippen LogP contribution in [0.3, 0.4) is 0 Å². The molecule has 2 rings (SSSR count). The van der Waals surface area contributed by atoms with Crippen molar-refractivity contribution in [1.29, 1.82) is 0 Å². The van der Waals surface area contributed by atoms with Crippen molar-refractivity contribution < 1.29 is 19.4 Å². The third-order valence-electron chi connectivity index (χ3n) is 2.99. The van der Waals surface area contributed by atoms with Gasteiger partial charge in [0, 0.05) is 5.56 Å². The van der Waals surface area contributed by atoms with Gasteiger partial charge >= 0.3 is 5.97 Å². The van der Waals surface area contributed by atoms with E-state index in [0.29, 0.717) is 11.3 Å². The Morgan fingerprint density at radius 2 is 2.35 bits per heavy atom. The smallest absolute Gasteiger partial charge is 0.339 e. The number of ether oxygens (including phenoxy) is 2. The lowest BCUT2D eigenvalue weighted by atomic mass is 9.97. The van der Waals surface area contributed by atoms with Gasteiger partial charge in [0.1, 0.15) is 5.75 Å². The molecule has 0 saturated carbocycles. The second kappa shape index (κ2) is 4.75. The number of methoxy groups -OCH3 is 1. The van der Waals surface area contributed by atoms with Gasteiger partial charge in [-0.05, 0) is 25.3 Å². The summed E-state index contributed by atoms with van der Waals surface area (Å²) in [6.07, 6.45) is 0.678. The van der Waals surface area contributed by atoms with Gasteiger partial charge in [-0.3, -0.25) is 0 Å². The van der Waals surface area contributed by atoms with Gasteiger partial charge in [-0.25, -0.2) is 4.79 Å². The van der Waals surface area contributed by atoms with Crippen LogP contribution >= 0.6 is 0 Å². The summed E-state index contributed by atoms with van der Waals surface area (Å²) in [6, 6.07) is 5.47. The number of fused-ring (bicyclic) bond motifs is 1. The van der Waals surface area contributed by atoms with E-state index in [9.17, 15) is 9.90 Å². The van der Waals surface area contributed by atoms with Crippen LogP contribution in [0.5, 0.6) is 5.75 Å². The molecule has 1 aromatic carbocycles. The zero-order valence-electron chi connectivity index (χ0n) is 9.97. The molecule has 1 N–H and O–H groups in total. The fourth-order valence-corrected chi connectivity index (χ4v) is 2.02. The van der Waals surface area contributed by atoms with Gasteiger partial charge in [-0.1, -0.05) is 18.2 Å². The third kappa shape index (κ3) is 2.26. The van der Waals surface area contributed by atoms with Crippen molar-refractivity contribution in [3.8, 4) is 5.75 Å². The van der Waals surface area contributed by atoms with Crippen molar-refractivity contribution in [3.05, 3.63) is 29.3 Å². The molecular weight excluding hydrogens is 220 g/mol. The Morgan fingerprint density at radius 3 is 3.06 bits per heavy atom. The first kappa shape index (κ1) is 11.9. The first-order valence-electron chi connectivity index (χ1n) is 5.68. The molecule has 0 fully saturated rings. The lowest BCUT2D eigenvalue weighted by Crippen LogP contribution is -2.22. The second-order valence-corrected chi connectivity index (χ2v) is 4.23. The van der Waals surface area contributed by atoms with Gasteiger partial charge in [0.15, 0.2) is 6.10 Å². The number of hydrogen-bond acceptors (Lipinski definition) is 4. The Kier molecular flexibility index (Phi) is 3.33. The van der Waals surface area contributed by atoms with Crippen LogP contribution in [0.25, 0.3) is 0 Å². The summed E-state index contributed by atoms with van der Waals surface area (Å²) >= 11 is 0. The number of aliphatic hydroxyl groups excluding tert-OH is 1.